The maximum Gasteiger partial charge on any atom is 0.128 e. The SMILES string of the molecule is CCCCC[C@H](c1cc(I)ccc1F)N1CCNCC1.Cl.Cl. The van der Waals surface area contributed by atoms with Crippen LogP contribution in [0.4, 0.5) is 4.39 Å². The van der Waals surface area contributed by atoms with Gasteiger partial charge in [0.15, 0.2) is 0 Å². The fraction of sp³-hybridized carbons (Fsp3) is 0.625. The first-order valence-corrected chi connectivity index (χ1v) is 8.70. The first-order valence-electron chi connectivity index (χ1n) is 7.62. The molecule has 128 valence electrons. The minimum Gasteiger partial charge on any atom is -0.314 e. The molecular formula is C16H26Cl2FIN2. The third-order valence-electron chi connectivity index (χ3n) is 3.99. The van der Waals surface area contributed by atoms with Crippen LogP contribution in [-0.2, 0) is 0 Å². The summed E-state index contributed by atoms with van der Waals surface area (Å²) in [6.07, 6.45) is 4.68. The van der Waals surface area contributed by atoms with Crippen LogP contribution in [0.3, 0.4) is 0 Å². The highest BCUT2D eigenvalue weighted by molar-refractivity contribution is 14.1. The summed E-state index contributed by atoms with van der Waals surface area (Å²) in [5, 5.41) is 3.38. The lowest BCUT2D eigenvalue weighted by atomic mass is 9.97. The Labute approximate surface area is 159 Å². The van der Waals surface area contributed by atoms with Crippen LogP contribution in [0.15, 0.2) is 18.2 Å². The molecule has 1 aromatic rings. The van der Waals surface area contributed by atoms with Gasteiger partial charge in [-0.15, -0.1) is 24.8 Å². The zero-order chi connectivity index (χ0) is 14.4. The van der Waals surface area contributed by atoms with Gasteiger partial charge in [-0.2, -0.15) is 0 Å². The quantitative estimate of drug-likeness (QED) is 0.482. The number of nitrogens with zero attached hydrogens (tertiary/aromatic N) is 1. The van der Waals surface area contributed by atoms with Crippen molar-refractivity contribution in [3.05, 3.63) is 33.1 Å². The average Bonchev–Trinajstić information content (AvgIpc) is 2.48. The van der Waals surface area contributed by atoms with Gasteiger partial charge in [-0.1, -0.05) is 26.2 Å². The number of unbranched alkanes of at least 4 members (excludes halogenated alkanes) is 2. The highest BCUT2D eigenvalue weighted by Crippen LogP contribution is 2.30. The molecule has 1 saturated heterocycles. The summed E-state index contributed by atoms with van der Waals surface area (Å²) in [6.45, 7) is 6.26. The van der Waals surface area contributed by atoms with Crippen molar-refractivity contribution in [1.29, 1.82) is 0 Å². The summed E-state index contributed by atoms with van der Waals surface area (Å²) in [4.78, 5) is 2.45. The normalized spacial score (nSPS) is 16.5. The number of hydrogen-bond donors (Lipinski definition) is 1. The molecule has 1 aliphatic rings. The molecule has 0 aromatic heterocycles. The van der Waals surface area contributed by atoms with Crippen LogP contribution >= 0.6 is 47.4 Å². The summed E-state index contributed by atoms with van der Waals surface area (Å²) < 4.78 is 15.4. The van der Waals surface area contributed by atoms with Crippen LogP contribution in [-0.4, -0.2) is 31.1 Å². The van der Waals surface area contributed by atoms with Crippen molar-refractivity contribution in [3.8, 4) is 0 Å². The van der Waals surface area contributed by atoms with Crippen LogP contribution in [0.2, 0.25) is 0 Å². The first-order chi connectivity index (χ1) is 9.72. The molecule has 2 nitrogen and oxygen atoms in total. The number of piperazine rings is 1. The largest absolute Gasteiger partial charge is 0.314 e. The van der Waals surface area contributed by atoms with Gasteiger partial charge in [0.25, 0.3) is 0 Å². The molecule has 2 rings (SSSR count). The maximum atomic E-state index is 14.2. The molecule has 1 aliphatic heterocycles. The Bertz CT molecular complexity index is 429. The lowest BCUT2D eigenvalue weighted by molar-refractivity contribution is 0.159. The van der Waals surface area contributed by atoms with E-state index in [1.54, 1.807) is 6.07 Å². The van der Waals surface area contributed by atoms with Crippen molar-refractivity contribution >= 4 is 47.4 Å². The van der Waals surface area contributed by atoms with E-state index < -0.39 is 0 Å². The summed E-state index contributed by atoms with van der Waals surface area (Å²) in [6, 6.07) is 5.72. The number of hydrogen-bond acceptors (Lipinski definition) is 2. The second-order valence-electron chi connectivity index (χ2n) is 5.46. The zero-order valence-corrected chi connectivity index (χ0v) is 16.8. The van der Waals surface area contributed by atoms with Gasteiger partial charge in [-0.25, -0.2) is 4.39 Å². The lowest BCUT2D eigenvalue weighted by Gasteiger charge is -2.35. The fourth-order valence-corrected chi connectivity index (χ4v) is 3.40. The van der Waals surface area contributed by atoms with Crippen molar-refractivity contribution in [1.82, 2.24) is 10.2 Å². The van der Waals surface area contributed by atoms with Crippen LogP contribution < -0.4 is 5.32 Å². The van der Waals surface area contributed by atoms with E-state index in [1.165, 1.54) is 19.3 Å². The Kier molecular flexibility index (Phi) is 12.0. The van der Waals surface area contributed by atoms with E-state index in [0.29, 0.717) is 0 Å². The minimum absolute atomic E-state index is 0. The molecule has 1 aromatic carbocycles. The Morgan fingerprint density at radius 3 is 2.55 bits per heavy atom. The second kappa shape index (κ2) is 11.8. The van der Waals surface area contributed by atoms with Gasteiger partial charge >= 0.3 is 0 Å². The molecule has 0 saturated carbocycles. The van der Waals surface area contributed by atoms with Crippen molar-refractivity contribution in [2.75, 3.05) is 26.2 Å². The number of rotatable bonds is 6. The van der Waals surface area contributed by atoms with E-state index in [0.717, 1.165) is 41.7 Å². The van der Waals surface area contributed by atoms with Gasteiger partial charge in [0, 0.05) is 41.4 Å². The molecule has 0 spiro atoms. The standard InChI is InChI=1S/C16H24FIN2.2ClH/c1-2-3-4-5-16(20-10-8-19-9-11-20)14-12-13(18)6-7-15(14)17;;/h6-7,12,16,19H,2-5,8-11H2,1H3;2*1H/t16-;;/m1../s1. The molecule has 0 radical (unpaired) electrons. The van der Waals surface area contributed by atoms with Crippen LogP contribution in [0.25, 0.3) is 0 Å². The average molecular weight is 463 g/mol. The molecule has 22 heavy (non-hydrogen) atoms. The molecule has 1 atom stereocenters. The van der Waals surface area contributed by atoms with E-state index >= 15 is 0 Å². The summed E-state index contributed by atoms with van der Waals surface area (Å²) in [7, 11) is 0. The smallest absolute Gasteiger partial charge is 0.128 e. The topological polar surface area (TPSA) is 15.3 Å². The number of nitrogens with one attached hydrogen (secondary N) is 1. The molecule has 0 amide bonds. The van der Waals surface area contributed by atoms with Gasteiger partial charge in [0.2, 0.25) is 0 Å². The maximum absolute atomic E-state index is 14.2. The van der Waals surface area contributed by atoms with Crippen molar-refractivity contribution in [2.45, 2.75) is 38.6 Å². The molecule has 0 aliphatic carbocycles. The van der Waals surface area contributed by atoms with Crippen LogP contribution in [0.1, 0.15) is 44.2 Å². The lowest BCUT2D eigenvalue weighted by Crippen LogP contribution is -2.45. The fourth-order valence-electron chi connectivity index (χ4n) is 2.89. The zero-order valence-electron chi connectivity index (χ0n) is 13.0. The van der Waals surface area contributed by atoms with Gasteiger partial charge in [0.1, 0.15) is 5.82 Å². The van der Waals surface area contributed by atoms with E-state index in [4.69, 9.17) is 0 Å². The predicted octanol–water partition coefficient (Wildman–Crippen LogP) is 4.80. The van der Waals surface area contributed by atoms with Gasteiger partial charge in [-0.05, 0) is 47.2 Å². The van der Waals surface area contributed by atoms with E-state index in [-0.39, 0.29) is 36.7 Å². The Balaban J connectivity index is 0.00000220. The van der Waals surface area contributed by atoms with Gasteiger partial charge in [0.05, 0.1) is 0 Å². The third-order valence-corrected chi connectivity index (χ3v) is 4.66. The van der Waals surface area contributed by atoms with Crippen molar-refractivity contribution in [2.24, 2.45) is 0 Å². The van der Waals surface area contributed by atoms with E-state index in [2.05, 4.69) is 39.7 Å². The van der Waals surface area contributed by atoms with Crippen molar-refractivity contribution in [3.63, 3.8) is 0 Å². The molecule has 6 heteroatoms. The molecule has 1 N–H and O–H groups in total. The monoisotopic (exact) mass is 462 g/mol. The summed E-state index contributed by atoms with van der Waals surface area (Å²) in [5.74, 6) is -0.0505. The molecule has 1 heterocycles. The summed E-state index contributed by atoms with van der Waals surface area (Å²) in [5.41, 5.74) is 0.884. The first kappa shape index (κ1) is 22.4. The number of benzene rings is 1. The summed E-state index contributed by atoms with van der Waals surface area (Å²) >= 11 is 2.27. The Morgan fingerprint density at radius 2 is 1.91 bits per heavy atom. The molecule has 0 bridgehead atoms. The molecule has 1 fully saturated rings. The molecule has 0 unspecified atom stereocenters. The second-order valence-corrected chi connectivity index (χ2v) is 6.71. The Hall–Kier alpha value is 0.380. The highest BCUT2D eigenvalue weighted by atomic mass is 127. The van der Waals surface area contributed by atoms with E-state index in [1.807, 2.05) is 12.1 Å². The van der Waals surface area contributed by atoms with Crippen LogP contribution in [0.5, 0.6) is 0 Å². The van der Waals surface area contributed by atoms with Crippen LogP contribution in [0, 0.1) is 9.39 Å². The van der Waals surface area contributed by atoms with Crippen molar-refractivity contribution < 1.29 is 4.39 Å². The van der Waals surface area contributed by atoms with Gasteiger partial charge < -0.3 is 5.32 Å². The number of halogens is 4. The van der Waals surface area contributed by atoms with Gasteiger partial charge in [-0.3, -0.25) is 4.90 Å². The predicted molar refractivity (Wildman–Crippen MR) is 105 cm³/mol. The third kappa shape index (κ3) is 6.48. The minimum atomic E-state index is -0.0505. The molecular weight excluding hydrogens is 437 g/mol. The Morgan fingerprint density at radius 1 is 1.23 bits per heavy atom. The highest BCUT2D eigenvalue weighted by Gasteiger charge is 2.24. The van der Waals surface area contributed by atoms with E-state index in [9.17, 15) is 4.39 Å².